The van der Waals surface area contributed by atoms with E-state index >= 15 is 0 Å². The molecule has 0 aliphatic rings. The molecule has 3 nitrogen and oxygen atoms in total. The third kappa shape index (κ3) is 4.06. The first kappa shape index (κ1) is 13.4. The van der Waals surface area contributed by atoms with Crippen LogP contribution >= 0.6 is 0 Å². The van der Waals surface area contributed by atoms with Gasteiger partial charge in [-0.05, 0) is 31.8 Å². The first-order valence-corrected chi connectivity index (χ1v) is 6.71. The van der Waals surface area contributed by atoms with E-state index in [0.29, 0.717) is 6.61 Å². The number of nitrogens with zero attached hydrogens (tertiary/aromatic N) is 1. The second kappa shape index (κ2) is 6.80. The van der Waals surface area contributed by atoms with E-state index in [9.17, 15) is 0 Å². The van der Waals surface area contributed by atoms with Crippen LogP contribution in [0.5, 0.6) is 0 Å². The molecule has 0 atom stereocenters. The van der Waals surface area contributed by atoms with Crippen molar-refractivity contribution in [2.45, 2.75) is 6.92 Å². The van der Waals surface area contributed by atoms with Crippen molar-refractivity contribution < 1.29 is 8.85 Å². The van der Waals surface area contributed by atoms with Gasteiger partial charge in [0.2, 0.25) is 0 Å². The average Bonchev–Trinajstić information content (AvgIpc) is 2.25. The summed E-state index contributed by atoms with van der Waals surface area (Å²) in [5.74, 6) is 0. The Bertz CT molecular complexity index is 318. The largest absolute Gasteiger partial charge is 0.423 e. The molecule has 0 aliphatic carbocycles. The molecular formula is C12H20NO2Si. The topological polar surface area (TPSA) is 21.7 Å². The normalized spacial score (nSPS) is 11.4. The standard InChI is InChI=1S/C12H20NO2Si/c1-11-7-5-6-8-12(11)16(14-4)15-10-9-13(2)3/h5-8H,9-10H2,1-4H3. The van der Waals surface area contributed by atoms with Crippen molar-refractivity contribution in [1.82, 2.24) is 4.90 Å². The fraction of sp³-hybridized carbons (Fsp3) is 0.500. The molecule has 0 N–H and O–H groups in total. The number of hydrogen-bond acceptors (Lipinski definition) is 3. The molecule has 0 aromatic heterocycles. The summed E-state index contributed by atoms with van der Waals surface area (Å²) in [4.78, 5) is 2.10. The van der Waals surface area contributed by atoms with Crippen LogP contribution in [0, 0.1) is 6.92 Å². The molecule has 0 unspecified atom stereocenters. The van der Waals surface area contributed by atoms with Crippen LogP contribution < -0.4 is 5.19 Å². The lowest BCUT2D eigenvalue weighted by molar-refractivity contribution is 0.213. The maximum absolute atomic E-state index is 5.81. The predicted octanol–water partition coefficient (Wildman–Crippen LogP) is 0.915. The minimum atomic E-state index is -1.31. The molecule has 16 heavy (non-hydrogen) atoms. The lowest BCUT2D eigenvalue weighted by atomic mass is 10.2. The zero-order chi connectivity index (χ0) is 12.0. The summed E-state index contributed by atoms with van der Waals surface area (Å²) in [5.41, 5.74) is 1.24. The number of benzene rings is 1. The lowest BCUT2D eigenvalue weighted by Crippen LogP contribution is -2.39. The van der Waals surface area contributed by atoms with Crippen LogP contribution in [0.25, 0.3) is 0 Å². The van der Waals surface area contributed by atoms with Crippen molar-refractivity contribution >= 4 is 14.5 Å². The third-order valence-electron chi connectivity index (χ3n) is 2.32. The van der Waals surface area contributed by atoms with Gasteiger partial charge in [-0.15, -0.1) is 0 Å². The minimum absolute atomic E-state index is 0.712. The SMILES string of the molecule is CO[Si](OCCN(C)C)c1ccccc1C. The summed E-state index contributed by atoms with van der Waals surface area (Å²) in [6.45, 7) is 3.72. The van der Waals surface area contributed by atoms with E-state index in [1.165, 1.54) is 10.8 Å². The number of aryl methyl sites for hydroxylation is 1. The van der Waals surface area contributed by atoms with Crippen molar-refractivity contribution in [1.29, 1.82) is 0 Å². The maximum Gasteiger partial charge on any atom is 0.423 e. The Kier molecular flexibility index (Phi) is 5.69. The van der Waals surface area contributed by atoms with Gasteiger partial charge in [-0.25, -0.2) is 0 Å². The molecule has 0 saturated carbocycles. The first-order valence-electron chi connectivity index (χ1n) is 5.39. The highest BCUT2D eigenvalue weighted by Crippen LogP contribution is 1.98. The molecule has 0 spiro atoms. The molecule has 0 aliphatic heterocycles. The van der Waals surface area contributed by atoms with E-state index in [4.69, 9.17) is 8.85 Å². The zero-order valence-corrected chi connectivity index (χ0v) is 11.5. The van der Waals surface area contributed by atoms with Crippen molar-refractivity contribution in [2.24, 2.45) is 0 Å². The summed E-state index contributed by atoms with van der Waals surface area (Å²) in [6.07, 6.45) is 0. The monoisotopic (exact) mass is 238 g/mol. The van der Waals surface area contributed by atoms with Gasteiger partial charge in [0.25, 0.3) is 0 Å². The van der Waals surface area contributed by atoms with E-state index in [-0.39, 0.29) is 0 Å². The number of rotatable bonds is 6. The second-order valence-corrected chi connectivity index (χ2v) is 5.77. The van der Waals surface area contributed by atoms with Gasteiger partial charge < -0.3 is 13.8 Å². The molecule has 0 fully saturated rings. The summed E-state index contributed by atoms with van der Waals surface area (Å²) in [7, 11) is 4.48. The first-order chi connectivity index (χ1) is 7.65. The van der Waals surface area contributed by atoms with Gasteiger partial charge in [-0.1, -0.05) is 24.3 Å². The van der Waals surface area contributed by atoms with E-state index in [1.807, 2.05) is 26.2 Å². The molecule has 4 heteroatoms. The van der Waals surface area contributed by atoms with Crippen molar-refractivity contribution in [3.05, 3.63) is 29.8 Å². The Hall–Kier alpha value is -0.683. The molecule has 1 radical (unpaired) electrons. The van der Waals surface area contributed by atoms with Gasteiger partial charge in [0.05, 0.1) is 0 Å². The van der Waals surface area contributed by atoms with Crippen molar-refractivity contribution in [2.75, 3.05) is 34.4 Å². The highest BCUT2D eigenvalue weighted by molar-refractivity contribution is 6.61. The van der Waals surface area contributed by atoms with Crippen LogP contribution in [0.1, 0.15) is 5.56 Å². The molecule has 1 aromatic rings. The Morgan fingerprint density at radius 1 is 1.25 bits per heavy atom. The average molecular weight is 238 g/mol. The van der Waals surface area contributed by atoms with Gasteiger partial charge >= 0.3 is 9.28 Å². The van der Waals surface area contributed by atoms with Crippen LogP contribution in [0.15, 0.2) is 24.3 Å². The fourth-order valence-corrected chi connectivity index (χ4v) is 2.78. The Labute approximate surface area is 99.8 Å². The smallest absolute Gasteiger partial charge is 0.393 e. The van der Waals surface area contributed by atoms with Gasteiger partial charge in [-0.2, -0.15) is 0 Å². The van der Waals surface area contributed by atoms with Gasteiger partial charge in [0.15, 0.2) is 0 Å². The number of likely N-dealkylation sites (N-methyl/N-ethyl adjacent to an activating group) is 1. The van der Waals surface area contributed by atoms with E-state index in [0.717, 1.165) is 6.54 Å². The zero-order valence-electron chi connectivity index (χ0n) is 10.5. The Morgan fingerprint density at radius 2 is 1.94 bits per heavy atom. The number of hydrogen-bond donors (Lipinski definition) is 0. The molecule has 0 bridgehead atoms. The molecular weight excluding hydrogens is 218 g/mol. The van der Waals surface area contributed by atoms with E-state index in [1.54, 1.807) is 7.11 Å². The summed E-state index contributed by atoms with van der Waals surface area (Å²) >= 11 is 0. The molecule has 1 aromatic carbocycles. The summed E-state index contributed by atoms with van der Waals surface area (Å²) in [5, 5.41) is 1.20. The van der Waals surface area contributed by atoms with Crippen LogP contribution in [0.2, 0.25) is 0 Å². The van der Waals surface area contributed by atoms with Crippen molar-refractivity contribution in [3.8, 4) is 0 Å². The molecule has 0 saturated heterocycles. The summed E-state index contributed by atoms with van der Waals surface area (Å²) < 4.78 is 11.3. The molecule has 1 rings (SSSR count). The summed E-state index contributed by atoms with van der Waals surface area (Å²) in [6, 6.07) is 8.24. The van der Waals surface area contributed by atoms with Crippen LogP contribution in [0.4, 0.5) is 0 Å². The fourth-order valence-electron chi connectivity index (χ4n) is 1.37. The van der Waals surface area contributed by atoms with Gasteiger partial charge in [-0.3, -0.25) is 0 Å². The van der Waals surface area contributed by atoms with Gasteiger partial charge in [0.1, 0.15) is 0 Å². The lowest BCUT2D eigenvalue weighted by Gasteiger charge is -2.16. The highest BCUT2D eigenvalue weighted by Gasteiger charge is 2.19. The van der Waals surface area contributed by atoms with Gasteiger partial charge in [0, 0.05) is 20.3 Å². The predicted molar refractivity (Wildman–Crippen MR) is 68.1 cm³/mol. The highest BCUT2D eigenvalue weighted by atomic mass is 28.3. The second-order valence-electron chi connectivity index (χ2n) is 3.96. The molecule has 0 heterocycles. The molecule has 0 amide bonds. The van der Waals surface area contributed by atoms with E-state index < -0.39 is 9.28 Å². The van der Waals surface area contributed by atoms with Crippen LogP contribution in [-0.2, 0) is 8.85 Å². The quantitative estimate of drug-likeness (QED) is 0.688. The van der Waals surface area contributed by atoms with Crippen molar-refractivity contribution in [3.63, 3.8) is 0 Å². The molecule has 89 valence electrons. The van der Waals surface area contributed by atoms with Crippen LogP contribution in [0.3, 0.4) is 0 Å². The Balaban J connectivity index is 2.57. The maximum atomic E-state index is 5.81. The third-order valence-corrected chi connectivity index (χ3v) is 4.16. The van der Waals surface area contributed by atoms with Crippen LogP contribution in [-0.4, -0.2) is 48.5 Å². The minimum Gasteiger partial charge on any atom is -0.393 e. The Morgan fingerprint density at radius 3 is 2.50 bits per heavy atom. The van der Waals surface area contributed by atoms with E-state index in [2.05, 4.69) is 24.0 Å².